The van der Waals surface area contributed by atoms with E-state index in [2.05, 4.69) is 38.8 Å². The fraction of sp³-hybridized carbons (Fsp3) is 0.583. The normalized spacial score (nSPS) is 17.8. The number of hydrogen-bond acceptors (Lipinski definition) is 3. The van der Waals surface area contributed by atoms with Crippen LogP contribution < -0.4 is 4.90 Å². The van der Waals surface area contributed by atoms with E-state index in [1.807, 2.05) is 12.4 Å². The molecule has 0 aliphatic carbocycles. The van der Waals surface area contributed by atoms with E-state index in [0.29, 0.717) is 6.10 Å². The summed E-state index contributed by atoms with van der Waals surface area (Å²) in [4.78, 5) is 6.56. The first-order valence-electron chi connectivity index (χ1n) is 5.76. The summed E-state index contributed by atoms with van der Waals surface area (Å²) in [7, 11) is 0. The van der Waals surface area contributed by atoms with Crippen molar-refractivity contribution in [3.05, 3.63) is 22.9 Å². The number of piperidine rings is 1. The van der Waals surface area contributed by atoms with E-state index in [-0.39, 0.29) is 0 Å². The number of pyridine rings is 1. The molecule has 2 heterocycles. The average Bonchev–Trinajstić information content (AvgIpc) is 2.30. The Morgan fingerprint density at radius 2 is 2.19 bits per heavy atom. The van der Waals surface area contributed by atoms with Crippen LogP contribution in [0.15, 0.2) is 22.9 Å². The lowest BCUT2D eigenvalue weighted by molar-refractivity contribution is 0.0459. The molecule has 1 aromatic heterocycles. The minimum atomic E-state index is 0.446. The van der Waals surface area contributed by atoms with Gasteiger partial charge in [0, 0.05) is 30.4 Å². The van der Waals surface area contributed by atoms with Crippen LogP contribution in [0.5, 0.6) is 0 Å². The third-order valence-electron chi connectivity index (χ3n) is 2.90. The number of rotatable bonds is 3. The molecule has 88 valence electrons. The van der Waals surface area contributed by atoms with E-state index >= 15 is 0 Å². The predicted molar refractivity (Wildman–Crippen MR) is 68.8 cm³/mol. The maximum Gasteiger partial charge on any atom is 0.0608 e. The first kappa shape index (κ1) is 11.9. The van der Waals surface area contributed by atoms with Gasteiger partial charge in [0.2, 0.25) is 0 Å². The second-order valence-electron chi connectivity index (χ2n) is 4.00. The summed E-state index contributed by atoms with van der Waals surface area (Å²) >= 11 is 3.45. The van der Waals surface area contributed by atoms with Gasteiger partial charge in [0.05, 0.1) is 18.0 Å². The molecule has 0 bridgehead atoms. The molecule has 0 spiro atoms. The van der Waals surface area contributed by atoms with Gasteiger partial charge in [-0.05, 0) is 41.8 Å². The Kier molecular flexibility index (Phi) is 4.18. The maximum absolute atomic E-state index is 5.64. The van der Waals surface area contributed by atoms with Crippen LogP contribution in [0.3, 0.4) is 0 Å². The van der Waals surface area contributed by atoms with Crippen molar-refractivity contribution >= 4 is 21.6 Å². The Balaban J connectivity index is 1.94. The van der Waals surface area contributed by atoms with Crippen LogP contribution in [0, 0.1) is 0 Å². The fourth-order valence-corrected chi connectivity index (χ4v) is 2.44. The van der Waals surface area contributed by atoms with Crippen LogP contribution in [-0.2, 0) is 4.74 Å². The Labute approximate surface area is 105 Å². The Morgan fingerprint density at radius 3 is 2.81 bits per heavy atom. The van der Waals surface area contributed by atoms with Crippen molar-refractivity contribution in [1.82, 2.24) is 4.98 Å². The molecule has 2 rings (SSSR count). The van der Waals surface area contributed by atoms with Crippen LogP contribution in [0.1, 0.15) is 19.8 Å². The number of ether oxygens (including phenoxy) is 1. The predicted octanol–water partition coefficient (Wildman–Crippen LogP) is 2.85. The summed E-state index contributed by atoms with van der Waals surface area (Å²) in [6, 6.07) is 2.12. The molecule has 0 radical (unpaired) electrons. The van der Waals surface area contributed by atoms with E-state index in [1.165, 1.54) is 5.69 Å². The highest BCUT2D eigenvalue weighted by Crippen LogP contribution is 2.23. The third-order valence-corrected chi connectivity index (χ3v) is 3.33. The zero-order valence-corrected chi connectivity index (χ0v) is 11.1. The minimum Gasteiger partial charge on any atom is -0.378 e. The Morgan fingerprint density at radius 1 is 1.44 bits per heavy atom. The topological polar surface area (TPSA) is 25.4 Å². The first-order chi connectivity index (χ1) is 7.79. The van der Waals surface area contributed by atoms with Gasteiger partial charge in [-0.2, -0.15) is 0 Å². The summed E-state index contributed by atoms with van der Waals surface area (Å²) in [5.41, 5.74) is 1.20. The first-order valence-corrected chi connectivity index (χ1v) is 6.56. The number of halogens is 1. The van der Waals surface area contributed by atoms with Gasteiger partial charge in [0.25, 0.3) is 0 Å². The molecule has 1 fully saturated rings. The lowest BCUT2D eigenvalue weighted by Gasteiger charge is -2.33. The summed E-state index contributed by atoms with van der Waals surface area (Å²) in [5, 5.41) is 0. The van der Waals surface area contributed by atoms with Gasteiger partial charge in [0.15, 0.2) is 0 Å². The molecule has 16 heavy (non-hydrogen) atoms. The van der Waals surface area contributed by atoms with Gasteiger partial charge < -0.3 is 9.64 Å². The van der Waals surface area contributed by atoms with Crippen molar-refractivity contribution in [2.75, 3.05) is 24.6 Å². The molecular weight excluding hydrogens is 268 g/mol. The fourth-order valence-electron chi connectivity index (χ4n) is 2.09. The molecular formula is C12H17BrN2O. The largest absolute Gasteiger partial charge is 0.378 e. The van der Waals surface area contributed by atoms with Crippen molar-refractivity contribution in [2.45, 2.75) is 25.9 Å². The van der Waals surface area contributed by atoms with Crippen molar-refractivity contribution in [3.8, 4) is 0 Å². The summed E-state index contributed by atoms with van der Waals surface area (Å²) < 4.78 is 6.68. The van der Waals surface area contributed by atoms with Gasteiger partial charge in [-0.25, -0.2) is 0 Å². The summed E-state index contributed by atoms with van der Waals surface area (Å²) in [5.74, 6) is 0. The standard InChI is InChI=1S/C12H17BrN2O/c1-2-16-12-3-5-15(6-4-12)11-7-10(13)8-14-9-11/h7-9,12H,2-6H2,1H3. The van der Waals surface area contributed by atoms with Crippen molar-refractivity contribution in [2.24, 2.45) is 0 Å². The van der Waals surface area contributed by atoms with Crippen LogP contribution in [0.2, 0.25) is 0 Å². The van der Waals surface area contributed by atoms with Gasteiger partial charge >= 0.3 is 0 Å². The van der Waals surface area contributed by atoms with Gasteiger partial charge in [-0.15, -0.1) is 0 Å². The van der Waals surface area contributed by atoms with Crippen LogP contribution in [0.25, 0.3) is 0 Å². The van der Waals surface area contributed by atoms with Crippen molar-refractivity contribution < 1.29 is 4.74 Å². The highest BCUT2D eigenvalue weighted by Gasteiger charge is 2.19. The number of aromatic nitrogens is 1. The monoisotopic (exact) mass is 284 g/mol. The van der Waals surface area contributed by atoms with E-state index in [1.54, 1.807) is 0 Å². The molecule has 4 heteroatoms. The molecule has 0 amide bonds. The summed E-state index contributed by atoms with van der Waals surface area (Å²) in [6.07, 6.45) is 6.41. The Hall–Kier alpha value is -0.610. The van der Waals surface area contributed by atoms with Crippen LogP contribution in [0.4, 0.5) is 5.69 Å². The van der Waals surface area contributed by atoms with Crippen LogP contribution in [-0.4, -0.2) is 30.8 Å². The van der Waals surface area contributed by atoms with Gasteiger partial charge in [-0.1, -0.05) is 0 Å². The lowest BCUT2D eigenvalue weighted by atomic mass is 10.1. The lowest BCUT2D eigenvalue weighted by Crippen LogP contribution is -2.37. The zero-order chi connectivity index (χ0) is 11.4. The van der Waals surface area contributed by atoms with E-state index in [4.69, 9.17) is 4.74 Å². The SMILES string of the molecule is CCOC1CCN(c2cncc(Br)c2)CC1. The van der Waals surface area contributed by atoms with Crippen molar-refractivity contribution in [3.63, 3.8) is 0 Å². The quantitative estimate of drug-likeness (QED) is 0.854. The number of hydrogen-bond donors (Lipinski definition) is 0. The molecule has 0 saturated carbocycles. The molecule has 1 saturated heterocycles. The summed E-state index contributed by atoms with van der Waals surface area (Å²) in [6.45, 7) is 5.00. The third kappa shape index (κ3) is 2.95. The van der Waals surface area contributed by atoms with E-state index in [0.717, 1.165) is 37.0 Å². The van der Waals surface area contributed by atoms with E-state index in [9.17, 15) is 0 Å². The molecule has 1 aromatic rings. The minimum absolute atomic E-state index is 0.446. The molecule has 1 aliphatic rings. The smallest absolute Gasteiger partial charge is 0.0608 e. The molecule has 3 nitrogen and oxygen atoms in total. The maximum atomic E-state index is 5.64. The second-order valence-corrected chi connectivity index (χ2v) is 4.92. The zero-order valence-electron chi connectivity index (χ0n) is 9.53. The highest BCUT2D eigenvalue weighted by molar-refractivity contribution is 9.10. The van der Waals surface area contributed by atoms with Gasteiger partial charge in [0.1, 0.15) is 0 Å². The second kappa shape index (κ2) is 5.64. The molecule has 0 unspecified atom stereocenters. The molecule has 0 N–H and O–H groups in total. The molecule has 0 aromatic carbocycles. The van der Waals surface area contributed by atoms with E-state index < -0.39 is 0 Å². The Bertz CT molecular complexity index is 338. The molecule has 0 atom stereocenters. The molecule has 1 aliphatic heterocycles. The highest BCUT2D eigenvalue weighted by atomic mass is 79.9. The number of nitrogens with zero attached hydrogens (tertiary/aromatic N) is 2. The average molecular weight is 285 g/mol. The van der Waals surface area contributed by atoms with Crippen LogP contribution >= 0.6 is 15.9 Å². The van der Waals surface area contributed by atoms with Crippen molar-refractivity contribution in [1.29, 1.82) is 0 Å². The van der Waals surface area contributed by atoms with Gasteiger partial charge in [-0.3, -0.25) is 4.98 Å². The number of anilines is 1.